The minimum Gasteiger partial charge on any atom is -0.446 e. The number of carbonyl (C=O) groups excluding carboxylic acids is 2. The van der Waals surface area contributed by atoms with Gasteiger partial charge in [0.15, 0.2) is 0 Å². The predicted octanol–water partition coefficient (Wildman–Crippen LogP) is 5.35. The Balaban J connectivity index is 1.68. The molecule has 1 saturated heterocycles. The highest BCUT2D eigenvalue weighted by molar-refractivity contribution is 5.94. The lowest BCUT2D eigenvalue weighted by atomic mass is 9.87. The quantitative estimate of drug-likeness (QED) is 0.554. The van der Waals surface area contributed by atoms with E-state index in [-0.39, 0.29) is 18.6 Å². The fourth-order valence-corrected chi connectivity index (χ4v) is 3.79. The van der Waals surface area contributed by atoms with Crippen molar-refractivity contribution in [2.45, 2.75) is 18.4 Å². The number of hydrogen-bond donors (Lipinski definition) is 0. The highest BCUT2D eigenvalue weighted by atomic mass is 19.1. The molecule has 0 aromatic heterocycles. The number of nitrogens with zero attached hydrogens (tertiary/aromatic N) is 1. The molecule has 0 bridgehead atoms. The monoisotopic (exact) mass is 425 g/mol. The van der Waals surface area contributed by atoms with E-state index in [0.717, 1.165) is 28.7 Å². The number of carbonyl (C=O) groups is 2. The molecule has 4 rings (SSSR count). The summed E-state index contributed by atoms with van der Waals surface area (Å²) in [5.41, 5.74) is 1.43. The second-order valence-corrected chi connectivity index (χ2v) is 7.28. The topological polar surface area (TPSA) is 46.6 Å². The molecule has 1 heterocycles. The number of cyclic esters (lactones) is 1. The van der Waals surface area contributed by atoms with Gasteiger partial charge in [-0.25, -0.2) is 22.9 Å². The Morgan fingerprint density at radius 2 is 1.55 bits per heavy atom. The van der Waals surface area contributed by atoms with Crippen molar-refractivity contribution >= 4 is 12.0 Å². The van der Waals surface area contributed by atoms with Gasteiger partial charge in [-0.3, -0.25) is 4.79 Å². The molecule has 0 saturated carbocycles. The minimum absolute atomic E-state index is 0.0182. The molecule has 0 N–H and O–H groups in total. The molecular formula is C24H18F3NO3. The zero-order valence-corrected chi connectivity index (χ0v) is 16.3. The highest BCUT2D eigenvalue weighted by Gasteiger charge is 2.39. The molecule has 0 spiro atoms. The van der Waals surface area contributed by atoms with Crippen molar-refractivity contribution in [1.29, 1.82) is 0 Å². The van der Waals surface area contributed by atoms with Gasteiger partial charge in [-0.15, -0.1) is 0 Å². The molecule has 1 unspecified atom stereocenters. The maximum absolute atomic E-state index is 13.9. The zero-order valence-electron chi connectivity index (χ0n) is 16.3. The average Bonchev–Trinajstić information content (AvgIpc) is 3.14. The molecule has 1 aliphatic heterocycles. The summed E-state index contributed by atoms with van der Waals surface area (Å²) < 4.78 is 46.3. The van der Waals surface area contributed by atoms with Crippen LogP contribution < -0.4 is 0 Å². The van der Waals surface area contributed by atoms with Crippen molar-refractivity contribution in [3.63, 3.8) is 0 Å². The van der Waals surface area contributed by atoms with Crippen molar-refractivity contribution in [3.8, 4) is 0 Å². The zero-order chi connectivity index (χ0) is 22.0. The molecule has 3 aromatic carbocycles. The van der Waals surface area contributed by atoms with Gasteiger partial charge in [0.05, 0.1) is 0 Å². The summed E-state index contributed by atoms with van der Waals surface area (Å²) in [6.07, 6.45) is -1.03. The van der Waals surface area contributed by atoms with Gasteiger partial charge in [0.1, 0.15) is 30.1 Å². The number of halogens is 3. The molecule has 158 valence electrons. The first kappa shape index (κ1) is 20.7. The summed E-state index contributed by atoms with van der Waals surface area (Å²) in [4.78, 5) is 26.5. The van der Waals surface area contributed by atoms with Crippen LogP contribution in [-0.2, 0) is 9.53 Å². The van der Waals surface area contributed by atoms with Crippen molar-refractivity contribution < 1.29 is 27.5 Å². The van der Waals surface area contributed by atoms with Crippen LogP contribution in [0.15, 0.2) is 72.8 Å². The molecule has 7 heteroatoms. The van der Waals surface area contributed by atoms with Crippen molar-refractivity contribution in [2.24, 2.45) is 0 Å². The van der Waals surface area contributed by atoms with E-state index in [1.165, 1.54) is 24.3 Å². The van der Waals surface area contributed by atoms with Gasteiger partial charge >= 0.3 is 6.09 Å². The molecule has 0 radical (unpaired) electrons. The van der Waals surface area contributed by atoms with Crippen LogP contribution in [-0.4, -0.2) is 23.5 Å². The van der Waals surface area contributed by atoms with E-state index in [2.05, 4.69) is 0 Å². The summed E-state index contributed by atoms with van der Waals surface area (Å²) in [5, 5.41) is 0. The van der Waals surface area contributed by atoms with Crippen LogP contribution in [0.1, 0.15) is 35.1 Å². The number of ether oxygens (including phenoxy) is 1. The third kappa shape index (κ3) is 4.45. The molecule has 4 nitrogen and oxygen atoms in total. The second kappa shape index (κ2) is 8.63. The highest BCUT2D eigenvalue weighted by Crippen LogP contribution is 2.34. The Morgan fingerprint density at radius 3 is 2.19 bits per heavy atom. The third-order valence-corrected chi connectivity index (χ3v) is 5.26. The molecule has 3 aromatic rings. The van der Waals surface area contributed by atoms with Crippen LogP contribution >= 0.6 is 0 Å². The Hall–Kier alpha value is -3.61. The standard InChI is InChI=1S/C24H18F3NO3/c25-18-8-6-15(7-9-18)21(17-10-19(26)12-20(27)11-17)13-23(29)28-22(14-31-24(28)30)16-4-2-1-3-5-16/h1-12,21-22H,13-14H2/t21?,22-/m0/s1. The first-order chi connectivity index (χ1) is 14.9. The largest absolute Gasteiger partial charge is 0.446 e. The van der Waals surface area contributed by atoms with Crippen LogP contribution in [0.3, 0.4) is 0 Å². The first-order valence-electron chi connectivity index (χ1n) is 9.67. The number of hydrogen-bond acceptors (Lipinski definition) is 3. The van der Waals surface area contributed by atoms with Gasteiger partial charge in [0.25, 0.3) is 0 Å². The lowest BCUT2D eigenvalue weighted by Gasteiger charge is -2.24. The second-order valence-electron chi connectivity index (χ2n) is 7.28. The van der Waals surface area contributed by atoms with Crippen molar-refractivity contribution in [2.75, 3.05) is 6.61 Å². The Kier molecular flexibility index (Phi) is 5.75. The van der Waals surface area contributed by atoms with E-state index in [4.69, 9.17) is 4.74 Å². The fraction of sp³-hybridized carbons (Fsp3) is 0.167. The van der Waals surface area contributed by atoms with Crippen LogP contribution in [0.5, 0.6) is 0 Å². The number of benzene rings is 3. The normalized spacial score (nSPS) is 16.8. The summed E-state index contributed by atoms with van der Waals surface area (Å²) in [5.74, 6) is -3.42. The Bertz CT molecular complexity index is 1080. The smallest absolute Gasteiger partial charge is 0.417 e. The molecule has 1 aliphatic rings. The number of amides is 2. The van der Waals surface area contributed by atoms with Crippen LogP contribution in [0.4, 0.5) is 18.0 Å². The number of imide groups is 1. The summed E-state index contributed by atoms with van der Waals surface area (Å²) >= 11 is 0. The average molecular weight is 425 g/mol. The Labute approximate surface area is 176 Å². The third-order valence-electron chi connectivity index (χ3n) is 5.26. The van der Waals surface area contributed by atoms with Gasteiger partial charge in [-0.1, -0.05) is 42.5 Å². The lowest BCUT2D eigenvalue weighted by molar-refractivity contribution is -0.129. The van der Waals surface area contributed by atoms with Crippen molar-refractivity contribution in [1.82, 2.24) is 4.90 Å². The molecule has 2 atom stereocenters. The minimum atomic E-state index is -0.794. The summed E-state index contributed by atoms with van der Waals surface area (Å²) in [6, 6.07) is 16.7. The van der Waals surface area contributed by atoms with Gasteiger partial charge in [0, 0.05) is 18.4 Å². The number of rotatable bonds is 5. The predicted molar refractivity (Wildman–Crippen MR) is 107 cm³/mol. The van der Waals surface area contributed by atoms with Crippen molar-refractivity contribution in [3.05, 3.63) is 107 Å². The van der Waals surface area contributed by atoms with E-state index in [9.17, 15) is 22.8 Å². The first-order valence-corrected chi connectivity index (χ1v) is 9.67. The van der Waals surface area contributed by atoms with Gasteiger partial charge in [0.2, 0.25) is 5.91 Å². The van der Waals surface area contributed by atoms with Crippen LogP contribution in [0.2, 0.25) is 0 Å². The maximum Gasteiger partial charge on any atom is 0.417 e. The van der Waals surface area contributed by atoms with E-state index in [0.29, 0.717) is 5.56 Å². The molecular weight excluding hydrogens is 407 g/mol. The van der Waals surface area contributed by atoms with E-state index < -0.39 is 41.4 Å². The summed E-state index contributed by atoms with van der Waals surface area (Å²) in [6.45, 7) is 0.0182. The van der Waals surface area contributed by atoms with E-state index in [1.807, 2.05) is 6.07 Å². The van der Waals surface area contributed by atoms with E-state index >= 15 is 0 Å². The lowest BCUT2D eigenvalue weighted by Crippen LogP contribution is -2.35. The molecule has 2 amide bonds. The fourth-order valence-electron chi connectivity index (χ4n) is 3.79. The maximum atomic E-state index is 13.9. The van der Waals surface area contributed by atoms with E-state index in [1.54, 1.807) is 24.3 Å². The van der Waals surface area contributed by atoms with Gasteiger partial charge < -0.3 is 4.74 Å². The SMILES string of the molecule is O=C(CC(c1ccc(F)cc1)c1cc(F)cc(F)c1)N1C(=O)OC[C@H]1c1ccccc1. The van der Waals surface area contributed by atoms with Gasteiger partial charge in [-0.05, 0) is 41.0 Å². The van der Waals surface area contributed by atoms with Crippen LogP contribution in [0, 0.1) is 17.5 Å². The molecule has 31 heavy (non-hydrogen) atoms. The molecule has 1 fully saturated rings. The van der Waals surface area contributed by atoms with Gasteiger partial charge in [-0.2, -0.15) is 0 Å². The summed E-state index contributed by atoms with van der Waals surface area (Å²) in [7, 11) is 0. The Morgan fingerprint density at radius 1 is 0.903 bits per heavy atom. The molecule has 0 aliphatic carbocycles. The van der Waals surface area contributed by atoms with Crippen LogP contribution in [0.25, 0.3) is 0 Å².